The quantitative estimate of drug-likeness (QED) is 0.790. The normalized spacial score (nSPS) is 17.7. The second kappa shape index (κ2) is 6.02. The van der Waals surface area contributed by atoms with Crippen LogP contribution in [0.4, 0.5) is 5.69 Å². The van der Waals surface area contributed by atoms with Gasteiger partial charge in [0, 0.05) is 13.1 Å². The minimum atomic E-state index is -3.64. The van der Waals surface area contributed by atoms with Gasteiger partial charge in [-0.15, -0.1) is 0 Å². The molecule has 0 bridgehead atoms. The Balaban J connectivity index is 2.04. The molecule has 21 heavy (non-hydrogen) atoms. The molecule has 8 nitrogen and oxygen atoms in total. The van der Waals surface area contributed by atoms with Gasteiger partial charge in [0.25, 0.3) is 0 Å². The monoisotopic (exact) mass is 316 g/mol. The topological polar surface area (TPSA) is 104 Å². The molecule has 1 fully saturated rings. The zero-order valence-electron chi connectivity index (χ0n) is 12.3. The molecule has 0 aromatic carbocycles. The van der Waals surface area contributed by atoms with Gasteiger partial charge in [-0.05, 0) is 26.7 Å². The molecule has 1 aliphatic heterocycles. The Hall–Kier alpha value is -1.61. The molecule has 0 spiro atoms. The summed E-state index contributed by atoms with van der Waals surface area (Å²) in [6.07, 6.45) is 0.938. The number of nitrogens with one attached hydrogen (secondary N) is 2. The Morgan fingerprint density at radius 1 is 1.38 bits per heavy atom. The second-order valence-electron chi connectivity index (χ2n) is 5.11. The average molecular weight is 316 g/mol. The molecule has 0 radical (unpaired) electrons. The summed E-state index contributed by atoms with van der Waals surface area (Å²) < 4.78 is 33.3. The first-order chi connectivity index (χ1) is 9.85. The lowest BCUT2D eigenvalue weighted by molar-refractivity contribution is -0.146. The number of ether oxygens (including phenoxy) is 1. The molecule has 118 valence electrons. The molecule has 2 heterocycles. The van der Waals surface area contributed by atoms with Crippen LogP contribution < -0.4 is 4.72 Å². The van der Waals surface area contributed by atoms with E-state index in [1.165, 1.54) is 11.4 Å². The van der Waals surface area contributed by atoms with Gasteiger partial charge >= 0.3 is 16.2 Å². The van der Waals surface area contributed by atoms with E-state index in [1.807, 2.05) is 0 Å². The third kappa shape index (κ3) is 3.35. The predicted molar refractivity (Wildman–Crippen MR) is 76.9 cm³/mol. The van der Waals surface area contributed by atoms with E-state index >= 15 is 0 Å². The van der Waals surface area contributed by atoms with Crippen molar-refractivity contribution in [2.24, 2.45) is 5.92 Å². The lowest BCUT2D eigenvalue weighted by atomic mass is 9.99. The van der Waals surface area contributed by atoms with Crippen LogP contribution in [0.3, 0.4) is 0 Å². The van der Waals surface area contributed by atoms with Crippen molar-refractivity contribution in [3.8, 4) is 0 Å². The van der Waals surface area contributed by atoms with E-state index in [0.717, 1.165) is 0 Å². The summed E-state index contributed by atoms with van der Waals surface area (Å²) in [6.45, 7) is 4.07. The first-order valence-corrected chi connectivity index (χ1v) is 8.16. The molecule has 0 unspecified atom stereocenters. The van der Waals surface area contributed by atoms with Crippen molar-refractivity contribution < 1.29 is 17.9 Å². The third-order valence-electron chi connectivity index (χ3n) is 3.69. The third-order valence-corrected chi connectivity index (χ3v) is 5.19. The number of methoxy groups -OCH3 is 1. The van der Waals surface area contributed by atoms with Gasteiger partial charge in [0.1, 0.15) is 0 Å². The number of hydrogen-bond acceptors (Lipinski definition) is 5. The lowest BCUT2D eigenvalue weighted by Crippen LogP contribution is -2.43. The van der Waals surface area contributed by atoms with E-state index in [2.05, 4.69) is 14.9 Å². The van der Waals surface area contributed by atoms with E-state index < -0.39 is 10.2 Å². The van der Waals surface area contributed by atoms with Crippen molar-refractivity contribution in [1.29, 1.82) is 0 Å². The van der Waals surface area contributed by atoms with Crippen molar-refractivity contribution >= 4 is 21.9 Å². The van der Waals surface area contributed by atoms with E-state index in [1.54, 1.807) is 13.8 Å². The summed E-state index contributed by atoms with van der Waals surface area (Å²) in [5, 5.41) is 6.70. The van der Waals surface area contributed by atoms with Crippen LogP contribution in [0.15, 0.2) is 0 Å². The van der Waals surface area contributed by atoms with Gasteiger partial charge in [-0.25, -0.2) is 0 Å². The molecule has 0 amide bonds. The summed E-state index contributed by atoms with van der Waals surface area (Å²) in [5.74, 6) is -0.500. The van der Waals surface area contributed by atoms with E-state index in [0.29, 0.717) is 43.0 Å². The summed E-state index contributed by atoms with van der Waals surface area (Å²) in [5.41, 5.74) is 1.74. The fourth-order valence-electron chi connectivity index (χ4n) is 2.39. The van der Waals surface area contributed by atoms with Crippen LogP contribution in [0.25, 0.3) is 0 Å². The van der Waals surface area contributed by atoms with Crippen LogP contribution >= 0.6 is 0 Å². The molecule has 9 heteroatoms. The fraction of sp³-hybridized carbons (Fsp3) is 0.667. The summed E-state index contributed by atoms with van der Waals surface area (Å²) in [6, 6.07) is 0. The number of H-pyrrole nitrogens is 1. The maximum absolute atomic E-state index is 12.4. The predicted octanol–water partition coefficient (Wildman–Crippen LogP) is 0.568. The number of anilines is 1. The first kappa shape index (κ1) is 15.8. The van der Waals surface area contributed by atoms with Crippen molar-refractivity contribution in [1.82, 2.24) is 14.5 Å². The number of aromatic amines is 1. The number of carbonyl (C=O) groups excluding carboxylic acids is 1. The zero-order valence-corrected chi connectivity index (χ0v) is 13.2. The van der Waals surface area contributed by atoms with Gasteiger partial charge in [-0.2, -0.15) is 17.8 Å². The van der Waals surface area contributed by atoms with Crippen LogP contribution in [0, 0.1) is 19.8 Å². The molecule has 2 N–H and O–H groups in total. The molecule has 0 saturated carbocycles. The zero-order chi connectivity index (χ0) is 15.6. The average Bonchev–Trinajstić information content (AvgIpc) is 2.78. The molecule has 2 rings (SSSR count). The smallest absolute Gasteiger partial charge is 0.308 e. The van der Waals surface area contributed by atoms with Gasteiger partial charge in [0.05, 0.1) is 30.1 Å². The van der Waals surface area contributed by atoms with Crippen molar-refractivity contribution in [2.75, 3.05) is 24.9 Å². The fourth-order valence-corrected chi connectivity index (χ4v) is 3.77. The molecule has 1 aromatic heterocycles. The highest BCUT2D eigenvalue weighted by Gasteiger charge is 2.32. The number of aromatic nitrogens is 2. The maximum Gasteiger partial charge on any atom is 0.308 e. The SMILES string of the molecule is COC(=O)C1CCN(S(=O)(=O)Nc2c(C)n[nH]c2C)CC1. The molecule has 1 aliphatic rings. The summed E-state index contributed by atoms with van der Waals surface area (Å²) in [4.78, 5) is 11.5. The summed E-state index contributed by atoms with van der Waals surface area (Å²) >= 11 is 0. The van der Waals surface area contributed by atoms with Crippen LogP contribution in [-0.2, 0) is 19.7 Å². The van der Waals surface area contributed by atoms with E-state index in [-0.39, 0.29) is 11.9 Å². The Bertz CT molecular complexity index is 598. The number of piperidine rings is 1. The number of hydrogen-bond donors (Lipinski definition) is 2. The highest BCUT2D eigenvalue weighted by Crippen LogP contribution is 2.23. The van der Waals surface area contributed by atoms with Crippen LogP contribution in [-0.4, -0.2) is 49.1 Å². The Kier molecular flexibility index (Phi) is 4.52. The molecular weight excluding hydrogens is 296 g/mol. The first-order valence-electron chi connectivity index (χ1n) is 6.72. The van der Waals surface area contributed by atoms with Crippen molar-refractivity contribution in [2.45, 2.75) is 26.7 Å². The van der Waals surface area contributed by atoms with Gasteiger partial charge in [0.15, 0.2) is 0 Å². The van der Waals surface area contributed by atoms with Gasteiger partial charge in [-0.1, -0.05) is 0 Å². The van der Waals surface area contributed by atoms with Crippen LogP contribution in [0.2, 0.25) is 0 Å². The molecule has 1 saturated heterocycles. The van der Waals surface area contributed by atoms with Gasteiger partial charge in [-0.3, -0.25) is 14.6 Å². The van der Waals surface area contributed by atoms with E-state index in [4.69, 9.17) is 4.74 Å². The van der Waals surface area contributed by atoms with E-state index in [9.17, 15) is 13.2 Å². The highest BCUT2D eigenvalue weighted by molar-refractivity contribution is 7.90. The van der Waals surface area contributed by atoms with Crippen LogP contribution in [0.5, 0.6) is 0 Å². The van der Waals surface area contributed by atoms with Gasteiger partial charge in [0.2, 0.25) is 0 Å². The maximum atomic E-state index is 12.4. The van der Waals surface area contributed by atoms with Crippen molar-refractivity contribution in [3.05, 3.63) is 11.4 Å². The Labute approximate surface area is 124 Å². The number of aryl methyl sites for hydroxylation is 2. The number of carbonyl (C=O) groups is 1. The Morgan fingerprint density at radius 3 is 2.48 bits per heavy atom. The minimum Gasteiger partial charge on any atom is -0.469 e. The van der Waals surface area contributed by atoms with Gasteiger partial charge < -0.3 is 4.74 Å². The minimum absolute atomic E-state index is 0.223. The molecular formula is C12H20N4O4S. The standard InChI is InChI=1S/C12H20N4O4S/c1-8-11(9(2)14-13-8)15-21(18,19)16-6-4-10(5-7-16)12(17)20-3/h10,15H,4-7H2,1-3H3,(H,13,14). The second-order valence-corrected chi connectivity index (χ2v) is 6.78. The van der Waals surface area contributed by atoms with Crippen molar-refractivity contribution in [3.63, 3.8) is 0 Å². The summed E-state index contributed by atoms with van der Waals surface area (Å²) in [7, 11) is -2.29. The lowest BCUT2D eigenvalue weighted by Gasteiger charge is -2.29. The van der Waals surface area contributed by atoms with Crippen LogP contribution in [0.1, 0.15) is 24.2 Å². The highest BCUT2D eigenvalue weighted by atomic mass is 32.2. The molecule has 0 atom stereocenters. The number of nitrogens with zero attached hydrogens (tertiary/aromatic N) is 2. The largest absolute Gasteiger partial charge is 0.469 e. The molecule has 0 aliphatic carbocycles. The molecule has 1 aromatic rings. The number of esters is 1. The Morgan fingerprint density at radius 2 is 2.00 bits per heavy atom. The number of rotatable bonds is 4.